The van der Waals surface area contributed by atoms with Crippen LogP contribution >= 0.6 is 0 Å². The number of anilines is 1. The molecular weight excluding hydrogens is 334 g/mol. The molecule has 0 unspecified atom stereocenters. The Bertz CT molecular complexity index is 869. The van der Waals surface area contributed by atoms with Gasteiger partial charge in [0.1, 0.15) is 17.9 Å². The molecule has 1 atom stereocenters. The van der Waals surface area contributed by atoms with E-state index in [0.29, 0.717) is 43.1 Å². The van der Waals surface area contributed by atoms with Crippen LogP contribution in [0.2, 0.25) is 0 Å². The van der Waals surface area contributed by atoms with Crippen LogP contribution in [-0.4, -0.2) is 41.3 Å². The van der Waals surface area contributed by atoms with Gasteiger partial charge in [-0.05, 0) is 44.4 Å². The third kappa shape index (κ3) is 2.64. The minimum Gasteiger partial charge on any atom is -0.447 e. The maximum absolute atomic E-state index is 13.1. The first-order valence-corrected chi connectivity index (χ1v) is 8.73. The Labute approximate surface area is 151 Å². The molecule has 26 heavy (non-hydrogen) atoms. The third-order valence-electron chi connectivity index (χ3n) is 5.09. The molecule has 4 rings (SSSR count). The highest BCUT2D eigenvalue weighted by atomic mass is 16.6. The Kier molecular flexibility index (Phi) is 3.94. The summed E-state index contributed by atoms with van der Waals surface area (Å²) in [6.07, 6.45) is 0.348. The van der Waals surface area contributed by atoms with Gasteiger partial charge in [-0.25, -0.2) is 4.79 Å². The van der Waals surface area contributed by atoms with E-state index in [0.717, 1.165) is 16.8 Å². The van der Waals surface area contributed by atoms with Crippen LogP contribution in [0.15, 0.2) is 22.7 Å². The van der Waals surface area contributed by atoms with Gasteiger partial charge in [0.05, 0.1) is 17.4 Å². The van der Waals surface area contributed by atoms with Gasteiger partial charge in [-0.1, -0.05) is 17.3 Å². The Morgan fingerprint density at radius 1 is 1.27 bits per heavy atom. The van der Waals surface area contributed by atoms with E-state index in [1.807, 2.05) is 25.1 Å². The fourth-order valence-electron chi connectivity index (χ4n) is 3.71. The van der Waals surface area contributed by atoms with Crippen molar-refractivity contribution >= 4 is 17.7 Å². The number of fused-ring (bicyclic) bond motifs is 3. The van der Waals surface area contributed by atoms with Crippen LogP contribution in [0.25, 0.3) is 0 Å². The molecule has 0 saturated carbocycles. The molecule has 0 N–H and O–H groups in total. The van der Waals surface area contributed by atoms with E-state index < -0.39 is 0 Å². The predicted molar refractivity (Wildman–Crippen MR) is 94.1 cm³/mol. The van der Waals surface area contributed by atoms with Crippen LogP contribution < -0.4 is 4.90 Å². The number of ether oxygens (including phenoxy) is 1. The summed E-state index contributed by atoms with van der Waals surface area (Å²) in [7, 11) is 0. The molecule has 0 aliphatic carbocycles. The lowest BCUT2D eigenvalue weighted by molar-refractivity contribution is 0.0732. The summed E-state index contributed by atoms with van der Waals surface area (Å²) in [5.41, 5.74) is 3.94. The van der Waals surface area contributed by atoms with Gasteiger partial charge in [-0.3, -0.25) is 9.69 Å². The Morgan fingerprint density at radius 3 is 2.81 bits per heavy atom. The van der Waals surface area contributed by atoms with E-state index in [9.17, 15) is 9.59 Å². The fourth-order valence-corrected chi connectivity index (χ4v) is 3.71. The van der Waals surface area contributed by atoms with Crippen molar-refractivity contribution in [2.75, 3.05) is 18.1 Å². The third-order valence-corrected chi connectivity index (χ3v) is 5.09. The van der Waals surface area contributed by atoms with Crippen molar-refractivity contribution in [1.29, 1.82) is 0 Å². The van der Waals surface area contributed by atoms with Crippen LogP contribution in [0.5, 0.6) is 0 Å². The first kappa shape index (κ1) is 16.6. The summed E-state index contributed by atoms with van der Waals surface area (Å²) in [5.74, 6) is 0.436. The van der Waals surface area contributed by atoms with Crippen molar-refractivity contribution in [1.82, 2.24) is 10.1 Å². The number of carbonyl (C=O) groups is 2. The highest BCUT2D eigenvalue weighted by molar-refractivity contribution is 5.96. The first-order valence-electron chi connectivity index (χ1n) is 8.73. The zero-order chi connectivity index (χ0) is 18.4. The van der Waals surface area contributed by atoms with Gasteiger partial charge in [-0.2, -0.15) is 0 Å². The second kappa shape index (κ2) is 6.16. The van der Waals surface area contributed by atoms with Gasteiger partial charge in [-0.15, -0.1) is 0 Å². The van der Waals surface area contributed by atoms with Crippen molar-refractivity contribution in [2.24, 2.45) is 0 Å². The molecule has 136 valence electrons. The lowest BCUT2D eigenvalue weighted by Gasteiger charge is -2.32. The number of carbonyl (C=O) groups excluding carboxylic acids is 2. The fraction of sp³-hybridized carbons (Fsp3) is 0.421. The minimum absolute atomic E-state index is 0.0664. The van der Waals surface area contributed by atoms with Crippen LogP contribution in [0.1, 0.15) is 39.4 Å². The maximum Gasteiger partial charge on any atom is 0.414 e. The first-order chi connectivity index (χ1) is 12.5. The SMILES string of the molecule is Cc1ccc2c(c1)N1C(=O)OC[C@@H]1CCN(C(=O)c1c(C)noc1C)C2. The molecule has 2 amide bonds. The molecule has 1 aromatic heterocycles. The lowest BCUT2D eigenvalue weighted by atomic mass is 10.0. The van der Waals surface area contributed by atoms with E-state index in [-0.39, 0.29) is 18.0 Å². The molecular formula is C19H21N3O4. The topological polar surface area (TPSA) is 75.9 Å². The zero-order valence-corrected chi connectivity index (χ0v) is 15.1. The molecule has 1 saturated heterocycles. The second-order valence-corrected chi connectivity index (χ2v) is 6.95. The van der Waals surface area contributed by atoms with E-state index >= 15 is 0 Å². The standard InChI is InChI=1S/C19H21N3O4/c1-11-4-5-14-9-21(18(23)17-12(2)20-26-13(17)3)7-6-15-10-25-19(24)22(15)16(14)8-11/h4-5,8,15H,6-7,9-10H2,1-3H3/t15-/m0/s1. The molecule has 2 aromatic rings. The largest absolute Gasteiger partial charge is 0.447 e. The number of benzene rings is 1. The molecule has 1 fully saturated rings. The van der Waals surface area contributed by atoms with Gasteiger partial charge in [0.25, 0.3) is 5.91 Å². The number of amides is 2. The molecule has 0 bridgehead atoms. The summed E-state index contributed by atoms with van der Waals surface area (Å²) in [6.45, 7) is 6.82. The summed E-state index contributed by atoms with van der Waals surface area (Å²) in [4.78, 5) is 28.9. The van der Waals surface area contributed by atoms with Gasteiger partial charge in [0.15, 0.2) is 0 Å². The van der Waals surface area contributed by atoms with E-state index in [1.165, 1.54) is 0 Å². The highest BCUT2D eigenvalue weighted by Crippen LogP contribution is 2.33. The van der Waals surface area contributed by atoms with E-state index in [2.05, 4.69) is 5.16 Å². The van der Waals surface area contributed by atoms with E-state index in [1.54, 1.807) is 23.6 Å². The quantitative estimate of drug-likeness (QED) is 0.786. The van der Waals surface area contributed by atoms with Gasteiger partial charge >= 0.3 is 6.09 Å². The van der Waals surface area contributed by atoms with Crippen LogP contribution in [0.4, 0.5) is 10.5 Å². The molecule has 2 aliphatic heterocycles. The lowest BCUT2D eigenvalue weighted by Crippen LogP contribution is -2.42. The zero-order valence-electron chi connectivity index (χ0n) is 15.1. The number of hydrogen-bond donors (Lipinski definition) is 0. The number of aromatic nitrogens is 1. The predicted octanol–water partition coefficient (Wildman–Crippen LogP) is 2.97. The summed E-state index contributed by atoms with van der Waals surface area (Å²) in [5, 5.41) is 3.90. The summed E-state index contributed by atoms with van der Waals surface area (Å²) >= 11 is 0. The van der Waals surface area contributed by atoms with Crippen LogP contribution in [0.3, 0.4) is 0 Å². The van der Waals surface area contributed by atoms with Gasteiger partial charge < -0.3 is 14.2 Å². The smallest absolute Gasteiger partial charge is 0.414 e. The molecule has 3 heterocycles. The monoisotopic (exact) mass is 355 g/mol. The molecule has 7 heteroatoms. The van der Waals surface area contributed by atoms with Gasteiger partial charge in [0, 0.05) is 13.1 Å². The Morgan fingerprint density at radius 2 is 2.08 bits per heavy atom. The minimum atomic E-state index is -0.313. The maximum atomic E-state index is 13.1. The van der Waals surface area contributed by atoms with Gasteiger partial charge in [0.2, 0.25) is 0 Å². The Hall–Kier alpha value is -2.83. The van der Waals surface area contributed by atoms with Crippen molar-refractivity contribution in [3.05, 3.63) is 46.3 Å². The number of cyclic esters (lactones) is 1. The van der Waals surface area contributed by atoms with Crippen molar-refractivity contribution in [2.45, 2.75) is 39.8 Å². The second-order valence-electron chi connectivity index (χ2n) is 6.95. The average molecular weight is 355 g/mol. The Balaban J connectivity index is 1.74. The average Bonchev–Trinajstić information content (AvgIpc) is 3.12. The number of aryl methyl sites for hydroxylation is 3. The van der Waals surface area contributed by atoms with Crippen molar-refractivity contribution in [3.63, 3.8) is 0 Å². The molecule has 7 nitrogen and oxygen atoms in total. The van der Waals surface area contributed by atoms with Crippen molar-refractivity contribution in [3.8, 4) is 0 Å². The molecule has 1 aromatic carbocycles. The van der Waals surface area contributed by atoms with E-state index in [4.69, 9.17) is 9.26 Å². The molecule has 2 aliphatic rings. The molecule has 0 spiro atoms. The number of hydrogen-bond acceptors (Lipinski definition) is 5. The van der Waals surface area contributed by atoms with Crippen molar-refractivity contribution < 1.29 is 18.8 Å². The summed E-state index contributed by atoms with van der Waals surface area (Å²) < 4.78 is 10.4. The molecule has 0 radical (unpaired) electrons. The summed E-state index contributed by atoms with van der Waals surface area (Å²) in [6, 6.07) is 5.89. The normalized spacial score (nSPS) is 19.5. The highest BCUT2D eigenvalue weighted by Gasteiger charge is 2.38. The number of rotatable bonds is 1. The van der Waals surface area contributed by atoms with Crippen LogP contribution in [-0.2, 0) is 11.3 Å². The van der Waals surface area contributed by atoms with Crippen LogP contribution in [0, 0.1) is 20.8 Å². The number of nitrogens with zero attached hydrogens (tertiary/aromatic N) is 3.